The molecule has 1 unspecified atom stereocenters. The molecule has 1 aromatic carbocycles. The number of nitrogens with zero attached hydrogens (tertiary/aromatic N) is 5. The molecule has 0 aliphatic carbocycles. The van der Waals surface area contributed by atoms with Crippen LogP contribution < -0.4 is 10.5 Å². The summed E-state index contributed by atoms with van der Waals surface area (Å²) < 4.78 is 22.1. The van der Waals surface area contributed by atoms with Gasteiger partial charge in [-0.1, -0.05) is 11.3 Å². The average Bonchev–Trinajstić information content (AvgIpc) is 3.36. The summed E-state index contributed by atoms with van der Waals surface area (Å²) in [4.78, 5) is 9.87. The van der Waals surface area contributed by atoms with E-state index in [0.29, 0.717) is 18.7 Å². The SMILES string of the molecule is CCn1nnc2c1-c1cnc(N)c(c1)OC(C)c1cc(F)ccc1-c1scnc1C2. The third-order valence-electron chi connectivity index (χ3n) is 5.24. The van der Waals surface area contributed by atoms with Crippen LogP contribution >= 0.6 is 11.3 Å². The lowest BCUT2D eigenvalue weighted by atomic mass is 9.98. The largest absolute Gasteiger partial charge is 0.482 e. The monoisotopic (exact) mass is 422 g/mol. The van der Waals surface area contributed by atoms with Gasteiger partial charge in [0.1, 0.15) is 11.9 Å². The Balaban J connectivity index is 1.79. The first kappa shape index (κ1) is 18.7. The molecule has 0 saturated heterocycles. The highest BCUT2D eigenvalue weighted by atomic mass is 32.1. The summed E-state index contributed by atoms with van der Waals surface area (Å²) in [6.07, 6.45) is 1.75. The topological polar surface area (TPSA) is 91.7 Å². The van der Waals surface area contributed by atoms with Crippen LogP contribution in [0.2, 0.25) is 0 Å². The first-order valence-electron chi connectivity index (χ1n) is 9.62. The van der Waals surface area contributed by atoms with Crippen LogP contribution in [0.5, 0.6) is 5.75 Å². The molecule has 0 saturated carbocycles. The first-order valence-corrected chi connectivity index (χ1v) is 10.5. The van der Waals surface area contributed by atoms with E-state index >= 15 is 0 Å². The zero-order valence-corrected chi connectivity index (χ0v) is 17.3. The molecule has 4 heterocycles. The summed E-state index contributed by atoms with van der Waals surface area (Å²) in [6, 6.07) is 6.57. The van der Waals surface area contributed by atoms with E-state index in [0.717, 1.165) is 38.6 Å². The molecule has 4 aromatic rings. The number of rotatable bonds is 1. The number of anilines is 1. The predicted molar refractivity (Wildman–Crippen MR) is 113 cm³/mol. The third-order valence-corrected chi connectivity index (χ3v) is 6.14. The standard InChI is InChI=1S/C21H19FN6OS/c1-3-28-19-12-6-18(21(23)24-9-12)29-11(2)15-7-13(22)4-5-14(15)20-17(25-10-30-20)8-16(19)26-27-28/h4-7,9-11H,3,8H2,1-2H3,(H2,23,24). The number of aromatic nitrogens is 5. The van der Waals surface area contributed by atoms with Crippen LogP contribution in [0.4, 0.5) is 10.2 Å². The molecule has 1 aliphatic rings. The molecule has 152 valence electrons. The number of pyridine rings is 1. The fraction of sp³-hybridized carbons (Fsp3) is 0.238. The summed E-state index contributed by atoms with van der Waals surface area (Å²) in [6.45, 7) is 4.54. The van der Waals surface area contributed by atoms with Gasteiger partial charge in [0.15, 0.2) is 11.6 Å². The zero-order valence-electron chi connectivity index (χ0n) is 16.5. The summed E-state index contributed by atoms with van der Waals surface area (Å²) in [5.74, 6) is 0.390. The van der Waals surface area contributed by atoms with Crippen LogP contribution in [0.1, 0.15) is 36.9 Å². The highest BCUT2D eigenvalue weighted by Crippen LogP contribution is 2.39. The molecular formula is C21H19FN6OS. The lowest BCUT2D eigenvalue weighted by molar-refractivity contribution is 0.228. The summed E-state index contributed by atoms with van der Waals surface area (Å²) in [5, 5.41) is 8.72. The molecule has 0 radical (unpaired) electrons. The van der Waals surface area contributed by atoms with Crippen molar-refractivity contribution in [1.29, 1.82) is 0 Å². The molecule has 3 aromatic heterocycles. The van der Waals surface area contributed by atoms with Crippen molar-refractivity contribution < 1.29 is 9.13 Å². The number of nitrogen functional groups attached to an aromatic ring is 1. The maximum atomic E-state index is 14.1. The maximum Gasteiger partial charge on any atom is 0.166 e. The lowest BCUT2D eigenvalue weighted by Crippen LogP contribution is -2.09. The van der Waals surface area contributed by atoms with Crippen LogP contribution in [-0.4, -0.2) is 25.0 Å². The van der Waals surface area contributed by atoms with Crippen molar-refractivity contribution in [2.45, 2.75) is 32.9 Å². The number of nitrogens with two attached hydrogens (primary N) is 1. The number of hydrogen-bond acceptors (Lipinski definition) is 7. The molecule has 9 heteroatoms. The minimum absolute atomic E-state index is 0.274. The maximum absolute atomic E-state index is 14.1. The van der Waals surface area contributed by atoms with Gasteiger partial charge < -0.3 is 10.5 Å². The first-order chi connectivity index (χ1) is 14.5. The van der Waals surface area contributed by atoms with Crippen LogP contribution in [0.15, 0.2) is 36.0 Å². The van der Waals surface area contributed by atoms with Crippen LogP contribution in [0, 0.1) is 5.82 Å². The third kappa shape index (κ3) is 3.02. The number of thiazole rings is 1. The van der Waals surface area contributed by atoms with Gasteiger partial charge in [-0.25, -0.2) is 19.0 Å². The molecular weight excluding hydrogens is 403 g/mol. The minimum Gasteiger partial charge on any atom is -0.482 e. The number of aryl methyl sites for hydroxylation is 1. The second-order valence-electron chi connectivity index (χ2n) is 7.10. The summed E-state index contributed by atoms with van der Waals surface area (Å²) in [5.41, 5.74) is 12.8. The minimum atomic E-state index is -0.446. The van der Waals surface area contributed by atoms with E-state index in [4.69, 9.17) is 10.5 Å². The number of halogens is 1. The Morgan fingerprint density at radius 2 is 2.13 bits per heavy atom. The van der Waals surface area contributed by atoms with E-state index in [1.54, 1.807) is 17.8 Å². The van der Waals surface area contributed by atoms with Gasteiger partial charge in [0.25, 0.3) is 0 Å². The average molecular weight is 422 g/mol. The molecule has 1 atom stereocenters. The summed E-state index contributed by atoms with van der Waals surface area (Å²) in [7, 11) is 0. The van der Waals surface area contributed by atoms with E-state index in [-0.39, 0.29) is 11.6 Å². The lowest BCUT2D eigenvalue weighted by Gasteiger charge is -2.20. The Morgan fingerprint density at radius 1 is 1.27 bits per heavy atom. The van der Waals surface area contributed by atoms with Crippen molar-refractivity contribution in [2.75, 3.05) is 5.73 Å². The van der Waals surface area contributed by atoms with Gasteiger partial charge >= 0.3 is 0 Å². The molecule has 7 nitrogen and oxygen atoms in total. The highest BCUT2D eigenvalue weighted by molar-refractivity contribution is 7.13. The van der Waals surface area contributed by atoms with Gasteiger partial charge in [-0.2, -0.15) is 0 Å². The van der Waals surface area contributed by atoms with Crippen molar-refractivity contribution in [2.24, 2.45) is 0 Å². The number of benzene rings is 1. The Kier molecular flexibility index (Phi) is 4.47. The van der Waals surface area contributed by atoms with Crippen LogP contribution in [0.3, 0.4) is 0 Å². The number of ether oxygens (including phenoxy) is 1. The molecule has 5 rings (SSSR count). The second-order valence-corrected chi connectivity index (χ2v) is 7.96. The molecule has 2 bridgehead atoms. The van der Waals surface area contributed by atoms with Gasteiger partial charge in [0.05, 0.1) is 27.5 Å². The van der Waals surface area contributed by atoms with Crippen LogP contribution in [0.25, 0.3) is 21.7 Å². The molecule has 0 fully saturated rings. The molecule has 2 N–H and O–H groups in total. The van der Waals surface area contributed by atoms with Crippen LogP contribution in [-0.2, 0) is 13.0 Å². The Morgan fingerprint density at radius 3 is 2.97 bits per heavy atom. The quantitative estimate of drug-likeness (QED) is 0.493. The zero-order chi connectivity index (χ0) is 20.8. The van der Waals surface area contributed by atoms with E-state index in [1.165, 1.54) is 23.5 Å². The fourth-order valence-electron chi connectivity index (χ4n) is 3.79. The predicted octanol–water partition coefficient (Wildman–Crippen LogP) is 4.25. The van der Waals surface area contributed by atoms with Gasteiger partial charge in [0, 0.05) is 35.9 Å². The van der Waals surface area contributed by atoms with Crippen molar-refractivity contribution >= 4 is 17.2 Å². The van der Waals surface area contributed by atoms with Crippen molar-refractivity contribution in [3.63, 3.8) is 0 Å². The Bertz CT molecular complexity index is 1250. The van der Waals surface area contributed by atoms with Gasteiger partial charge in [-0.05, 0) is 32.0 Å². The molecule has 0 spiro atoms. The summed E-state index contributed by atoms with van der Waals surface area (Å²) >= 11 is 1.51. The smallest absolute Gasteiger partial charge is 0.166 e. The fourth-order valence-corrected chi connectivity index (χ4v) is 4.65. The van der Waals surface area contributed by atoms with E-state index < -0.39 is 6.10 Å². The molecule has 30 heavy (non-hydrogen) atoms. The highest BCUT2D eigenvalue weighted by Gasteiger charge is 2.24. The second kappa shape index (κ2) is 7.17. The van der Waals surface area contributed by atoms with Crippen molar-refractivity contribution in [1.82, 2.24) is 25.0 Å². The Labute approximate surface area is 176 Å². The number of hydrogen-bond donors (Lipinski definition) is 1. The molecule has 0 amide bonds. The van der Waals surface area contributed by atoms with Crippen molar-refractivity contribution in [3.05, 3.63) is 58.7 Å². The molecule has 1 aliphatic heterocycles. The normalized spacial score (nSPS) is 15.2. The van der Waals surface area contributed by atoms with Gasteiger partial charge in [0.2, 0.25) is 0 Å². The Hall–Kier alpha value is -3.33. The van der Waals surface area contributed by atoms with Gasteiger partial charge in [-0.15, -0.1) is 16.4 Å². The van der Waals surface area contributed by atoms with E-state index in [2.05, 4.69) is 20.3 Å². The van der Waals surface area contributed by atoms with E-state index in [9.17, 15) is 4.39 Å². The van der Waals surface area contributed by atoms with Gasteiger partial charge in [-0.3, -0.25) is 0 Å². The number of fused-ring (bicyclic) bond motifs is 7. The van der Waals surface area contributed by atoms with Crippen molar-refractivity contribution in [3.8, 4) is 27.4 Å². The van der Waals surface area contributed by atoms with E-state index in [1.807, 2.05) is 24.6 Å².